The first-order chi connectivity index (χ1) is 14.0. The second-order valence-electron chi connectivity index (χ2n) is 7.57. The van der Waals surface area contributed by atoms with Crippen LogP contribution in [0.3, 0.4) is 0 Å². The molecule has 1 aliphatic heterocycles. The van der Waals surface area contributed by atoms with Crippen molar-refractivity contribution >= 4 is 11.7 Å². The lowest BCUT2D eigenvalue weighted by Gasteiger charge is -2.32. The molecule has 0 spiro atoms. The highest BCUT2D eigenvalue weighted by molar-refractivity contribution is 5.83. The fourth-order valence-electron chi connectivity index (χ4n) is 3.76. The molecule has 4 rings (SSSR count). The van der Waals surface area contributed by atoms with Gasteiger partial charge in [0.1, 0.15) is 5.82 Å². The summed E-state index contributed by atoms with van der Waals surface area (Å²) in [6, 6.07) is 13.7. The van der Waals surface area contributed by atoms with Crippen LogP contribution < -0.4 is 4.90 Å². The Kier molecular flexibility index (Phi) is 5.25. The van der Waals surface area contributed by atoms with E-state index in [0.717, 1.165) is 34.6 Å². The number of fused-ring (bicyclic) bond motifs is 1. The molecule has 0 saturated heterocycles. The number of aromatic nitrogens is 3. The number of nitrogens with zero attached hydrogens (tertiary/aromatic N) is 5. The van der Waals surface area contributed by atoms with Gasteiger partial charge in [-0.1, -0.05) is 30.3 Å². The van der Waals surface area contributed by atoms with E-state index < -0.39 is 0 Å². The van der Waals surface area contributed by atoms with E-state index in [-0.39, 0.29) is 11.8 Å². The third-order valence-electron chi connectivity index (χ3n) is 5.39. The summed E-state index contributed by atoms with van der Waals surface area (Å²) >= 11 is 0. The number of anilines is 1. The van der Waals surface area contributed by atoms with Crippen LogP contribution in [0.15, 0.2) is 54.9 Å². The zero-order valence-corrected chi connectivity index (χ0v) is 17.0. The van der Waals surface area contributed by atoms with Crippen LogP contribution >= 0.6 is 0 Å². The first kappa shape index (κ1) is 19.1. The Hall–Kier alpha value is -3.28. The number of pyridine rings is 1. The molecule has 0 aliphatic carbocycles. The topological polar surface area (TPSA) is 62.2 Å². The van der Waals surface area contributed by atoms with E-state index in [9.17, 15) is 4.79 Å². The molecule has 6 nitrogen and oxygen atoms in total. The Morgan fingerprint density at radius 2 is 1.79 bits per heavy atom. The average Bonchev–Trinajstić information content (AvgIpc) is 2.78. The molecule has 1 aliphatic rings. The first-order valence-corrected chi connectivity index (χ1v) is 9.86. The number of hydrogen-bond donors (Lipinski definition) is 0. The van der Waals surface area contributed by atoms with E-state index in [1.807, 2.05) is 73.3 Å². The van der Waals surface area contributed by atoms with E-state index in [4.69, 9.17) is 9.97 Å². The van der Waals surface area contributed by atoms with Crippen molar-refractivity contribution in [3.05, 3.63) is 71.7 Å². The smallest absolute Gasteiger partial charge is 0.230 e. The number of amides is 1. The fourth-order valence-corrected chi connectivity index (χ4v) is 3.76. The second-order valence-corrected chi connectivity index (χ2v) is 7.57. The van der Waals surface area contributed by atoms with E-state index in [0.29, 0.717) is 18.9 Å². The Balaban J connectivity index is 1.66. The third kappa shape index (κ3) is 3.83. The minimum Gasteiger partial charge on any atom is -0.362 e. The molecule has 0 N–H and O–H groups in total. The van der Waals surface area contributed by atoms with Crippen molar-refractivity contribution in [2.75, 3.05) is 25.5 Å². The molecule has 1 atom stereocenters. The van der Waals surface area contributed by atoms with Crippen LogP contribution in [0.25, 0.3) is 11.4 Å². The summed E-state index contributed by atoms with van der Waals surface area (Å²) in [4.78, 5) is 30.8. The van der Waals surface area contributed by atoms with E-state index >= 15 is 0 Å². The quantitative estimate of drug-likeness (QED) is 0.687. The van der Waals surface area contributed by atoms with Crippen LogP contribution in [0, 0.1) is 0 Å². The molecule has 0 saturated carbocycles. The van der Waals surface area contributed by atoms with Gasteiger partial charge in [0, 0.05) is 44.2 Å². The summed E-state index contributed by atoms with van der Waals surface area (Å²) in [6.45, 7) is 3.16. The molecule has 3 heterocycles. The normalized spacial score (nSPS) is 14.2. The predicted octanol–water partition coefficient (Wildman–Crippen LogP) is 3.29. The van der Waals surface area contributed by atoms with Gasteiger partial charge in [-0.25, -0.2) is 9.97 Å². The lowest BCUT2D eigenvalue weighted by Crippen LogP contribution is -2.39. The predicted molar refractivity (Wildman–Crippen MR) is 114 cm³/mol. The van der Waals surface area contributed by atoms with Crippen LogP contribution in [0.1, 0.15) is 29.7 Å². The van der Waals surface area contributed by atoms with Crippen molar-refractivity contribution in [1.29, 1.82) is 0 Å². The van der Waals surface area contributed by atoms with Crippen LogP contribution in [0.4, 0.5) is 5.82 Å². The van der Waals surface area contributed by atoms with Gasteiger partial charge in [-0.2, -0.15) is 0 Å². The zero-order valence-electron chi connectivity index (χ0n) is 17.0. The highest BCUT2D eigenvalue weighted by Gasteiger charge is 2.29. The molecule has 1 amide bonds. The van der Waals surface area contributed by atoms with Gasteiger partial charge in [0.2, 0.25) is 5.91 Å². The van der Waals surface area contributed by atoms with Crippen molar-refractivity contribution in [3.8, 4) is 11.4 Å². The lowest BCUT2D eigenvalue weighted by molar-refractivity contribution is -0.133. The Labute approximate surface area is 171 Å². The number of rotatable bonds is 4. The standard InChI is InChI=1S/C23H25N5O/c1-16(17-7-5-4-6-8-17)23(29)28-14-11-19-20(15-28)25-21(26-22(19)27(2)3)18-9-12-24-13-10-18/h4-10,12-13,16H,11,14-15H2,1-3H3/t16-/m0/s1. The largest absolute Gasteiger partial charge is 0.362 e. The van der Waals surface area contributed by atoms with Gasteiger partial charge < -0.3 is 9.80 Å². The van der Waals surface area contributed by atoms with Crippen LogP contribution in [-0.2, 0) is 17.8 Å². The summed E-state index contributed by atoms with van der Waals surface area (Å²) in [5, 5.41) is 0. The highest BCUT2D eigenvalue weighted by Crippen LogP contribution is 2.30. The average molecular weight is 387 g/mol. The molecule has 2 aromatic heterocycles. The Bertz CT molecular complexity index is 1000. The van der Waals surface area contributed by atoms with Crippen LogP contribution in [0.5, 0.6) is 0 Å². The minimum absolute atomic E-state index is 0.136. The molecule has 6 heteroatoms. The molecule has 29 heavy (non-hydrogen) atoms. The molecule has 3 aromatic rings. The van der Waals surface area contributed by atoms with E-state index in [1.165, 1.54) is 0 Å². The Morgan fingerprint density at radius 3 is 2.48 bits per heavy atom. The summed E-state index contributed by atoms with van der Waals surface area (Å²) < 4.78 is 0. The van der Waals surface area contributed by atoms with Gasteiger partial charge in [0.15, 0.2) is 5.82 Å². The number of carbonyl (C=O) groups is 1. The molecular formula is C23H25N5O. The lowest BCUT2D eigenvalue weighted by atomic mass is 9.97. The summed E-state index contributed by atoms with van der Waals surface area (Å²) in [5.74, 6) is 1.55. The summed E-state index contributed by atoms with van der Waals surface area (Å²) in [7, 11) is 3.99. The zero-order chi connectivity index (χ0) is 20.4. The molecule has 0 fully saturated rings. The van der Waals surface area contributed by atoms with Gasteiger partial charge in [-0.05, 0) is 31.0 Å². The van der Waals surface area contributed by atoms with Crippen molar-refractivity contribution in [2.24, 2.45) is 0 Å². The molecular weight excluding hydrogens is 362 g/mol. The molecule has 0 unspecified atom stereocenters. The minimum atomic E-state index is -0.174. The highest BCUT2D eigenvalue weighted by atomic mass is 16.2. The van der Waals surface area contributed by atoms with E-state index in [2.05, 4.69) is 4.98 Å². The SMILES string of the molecule is C[C@H](C(=O)N1CCc2c(nc(-c3ccncc3)nc2N(C)C)C1)c1ccccc1. The second kappa shape index (κ2) is 7.99. The van der Waals surface area contributed by atoms with Gasteiger partial charge in [0.05, 0.1) is 18.2 Å². The number of benzene rings is 1. The third-order valence-corrected chi connectivity index (χ3v) is 5.39. The van der Waals surface area contributed by atoms with Crippen LogP contribution in [0.2, 0.25) is 0 Å². The van der Waals surface area contributed by atoms with Crippen molar-refractivity contribution < 1.29 is 4.79 Å². The molecule has 1 aromatic carbocycles. The van der Waals surface area contributed by atoms with Crippen LogP contribution in [-0.4, -0.2) is 46.4 Å². The number of hydrogen-bond acceptors (Lipinski definition) is 5. The molecule has 0 bridgehead atoms. The monoisotopic (exact) mass is 387 g/mol. The Morgan fingerprint density at radius 1 is 1.07 bits per heavy atom. The number of carbonyl (C=O) groups excluding carboxylic acids is 1. The maximum Gasteiger partial charge on any atom is 0.230 e. The van der Waals surface area contributed by atoms with Crippen molar-refractivity contribution in [2.45, 2.75) is 25.8 Å². The van der Waals surface area contributed by atoms with Crippen molar-refractivity contribution in [3.63, 3.8) is 0 Å². The van der Waals surface area contributed by atoms with Gasteiger partial charge in [0.25, 0.3) is 0 Å². The van der Waals surface area contributed by atoms with Gasteiger partial charge in [-0.15, -0.1) is 0 Å². The summed E-state index contributed by atoms with van der Waals surface area (Å²) in [6.07, 6.45) is 4.24. The summed E-state index contributed by atoms with van der Waals surface area (Å²) in [5.41, 5.74) is 4.02. The fraction of sp³-hybridized carbons (Fsp3) is 0.304. The molecule has 0 radical (unpaired) electrons. The molecule has 148 valence electrons. The maximum absolute atomic E-state index is 13.1. The van der Waals surface area contributed by atoms with Crippen molar-refractivity contribution in [1.82, 2.24) is 19.9 Å². The van der Waals surface area contributed by atoms with E-state index in [1.54, 1.807) is 12.4 Å². The first-order valence-electron chi connectivity index (χ1n) is 9.86. The van der Waals surface area contributed by atoms with Gasteiger partial charge >= 0.3 is 0 Å². The van der Waals surface area contributed by atoms with Gasteiger partial charge in [-0.3, -0.25) is 9.78 Å². The maximum atomic E-state index is 13.1.